The Kier molecular flexibility index (Phi) is 4.92. The molecule has 2 heterocycles. The third-order valence-corrected chi connectivity index (χ3v) is 5.17. The second kappa shape index (κ2) is 7.50. The molecule has 7 heteroatoms. The number of fused-ring (bicyclic) bond motifs is 1. The van der Waals surface area contributed by atoms with Crippen LogP contribution in [0.25, 0.3) is 22.6 Å². The van der Waals surface area contributed by atoms with Gasteiger partial charge >= 0.3 is 0 Å². The van der Waals surface area contributed by atoms with Gasteiger partial charge in [-0.15, -0.1) is 11.3 Å². The molecule has 4 aromatic rings. The van der Waals surface area contributed by atoms with Crippen molar-refractivity contribution in [2.24, 2.45) is 0 Å². The molecule has 136 valence electrons. The van der Waals surface area contributed by atoms with Crippen LogP contribution in [0.5, 0.6) is 0 Å². The van der Waals surface area contributed by atoms with E-state index in [9.17, 15) is 4.79 Å². The lowest BCUT2D eigenvalue weighted by molar-refractivity contribution is -0.122. The molecule has 0 radical (unpaired) electrons. The first-order valence-electron chi connectivity index (χ1n) is 8.50. The Morgan fingerprint density at radius 2 is 2.11 bits per heavy atom. The molecule has 1 atom stereocenters. The number of nitrogens with one attached hydrogen (secondary N) is 1. The van der Waals surface area contributed by atoms with Crippen molar-refractivity contribution < 1.29 is 4.79 Å². The summed E-state index contributed by atoms with van der Waals surface area (Å²) in [5.74, 6) is 0.602. The van der Waals surface area contributed by atoms with Gasteiger partial charge in [-0.1, -0.05) is 35.9 Å². The summed E-state index contributed by atoms with van der Waals surface area (Å²) in [5.41, 5.74) is 5.25. The molecule has 0 saturated carbocycles. The van der Waals surface area contributed by atoms with Crippen LogP contribution in [0.2, 0.25) is 5.02 Å². The third kappa shape index (κ3) is 3.72. The highest BCUT2D eigenvalue weighted by molar-refractivity contribution is 7.07. The van der Waals surface area contributed by atoms with E-state index in [0.29, 0.717) is 10.8 Å². The topological polar surface area (TPSA) is 59.8 Å². The van der Waals surface area contributed by atoms with Crippen LogP contribution in [0.15, 0.2) is 59.4 Å². The average Bonchev–Trinajstić information content (AvgIpc) is 3.30. The van der Waals surface area contributed by atoms with Gasteiger partial charge < -0.3 is 9.88 Å². The molecule has 0 spiro atoms. The predicted molar refractivity (Wildman–Crippen MR) is 109 cm³/mol. The van der Waals surface area contributed by atoms with Crippen LogP contribution >= 0.6 is 22.9 Å². The Bertz CT molecular complexity index is 1090. The fourth-order valence-electron chi connectivity index (χ4n) is 3.04. The highest BCUT2D eigenvalue weighted by atomic mass is 35.5. The van der Waals surface area contributed by atoms with Crippen molar-refractivity contribution in [3.63, 3.8) is 0 Å². The van der Waals surface area contributed by atoms with Gasteiger partial charge in [0.05, 0.1) is 22.6 Å². The van der Waals surface area contributed by atoms with Gasteiger partial charge in [-0.05, 0) is 36.8 Å². The molecule has 0 aliphatic carbocycles. The molecular formula is C20H17ClN4OS. The maximum Gasteiger partial charge on any atom is 0.240 e. The van der Waals surface area contributed by atoms with E-state index in [4.69, 9.17) is 11.6 Å². The van der Waals surface area contributed by atoms with Crippen molar-refractivity contribution in [1.29, 1.82) is 0 Å². The fraction of sp³-hybridized carbons (Fsp3) is 0.150. The van der Waals surface area contributed by atoms with E-state index in [0.717, 1.165) is 22.3 Å². The average molecular weight is 397 g/mol. The van der Waals surface area contributed by atoms with Crippen molar-refractivity contribution in [2.75, 3.05) is 0 Å². The molecule has 1 unspecified atom stereocenters. The minimum atomic E-state index is -0.145. The summed E-state index contributed by atoms with van der Waals surface area (Å²) in [6, 6.07) is 15.1. The van der Waals surface area contributed by atoms with Crippen LogP contribution in [-0.4, -0.2) is 20.4 Å². The number of carbonyl (C=O) groups excluding carboxylic acids is 1. The normalized spacial score (nSPS) is 12.2. The van der Waals surface area contributed by atoms with Gasteiger partial charge in [0.1, 0.15) is 12.2 Å². The summed E-state index contributed by atoms with van der Waals surface area (Å²) in [5, 5.41) is 5.62. The number of amides is 1. The van der Waals surface area contributed by atoms with Crippen LogP contribution in [0.1, 0.15) is 18.5 Å². The molecular weight excluding hydrogens is 380 g/mol. The molecule has 0 aliphatic rings. The Labute approximate surface area is 165 Å². The number of hydrogen-bond acceptors (Lipinski definition) is 4. The lowest BCUT2D eigenvalue weighted by Crippen LogP contribution is -2.30. The lowest BCUT2D eigenvalue weighted by Gasteiger charge is -2.16. The molecule has 27 heavy (non-hydrogen) atoms. The van der Waals surface area contributed by atoms with Crippen molar-refractivity contribution in [2.45, 2.75) is 19.5 Å². The summed E-state index contributed by atoms with van der Waals surface area (Å²) in [6.45, 7) is 2.11. The van der Waals surface area contributed by atoms with E-state index in [2.05, 4.69) is 15.3 Å². The Hall–Kier alpha value is -2.70. The van der Waals surface area contributed by atoms with Crippen LogP contribution in [-0.2, 0) is 11.3 Å². The number of aromatic nitrogens is 3. The molecule has 1 amide bonds. The number of nitrogens with zero attached hydrogens (tertiary/aromatic N) is 3. The summed E-state index contributed by atoms with van der Waals surface area (Å²) in [7, 11) is 0. The van der Waals surface area contributed by atoms with Gasteiger partial charge in [0, 0.05) is 10.4 Å². The number of para-hydroxylation sites is 2. The van der Waals surface area contributed by atoms with Crippen molar-refractivity contribution in [1.82, 2.24) is 19.9 Å². The van der Waals surface area contributed by atoms with Crippen molar-refractivity contribution in [3.05, 3.63) is 70.0 Å². The Balaban J connectivity index is 1.61. The number of halogens is 1. The number of thiazole rings is 1. The molecule has 0 saturated heterocycles. The second-order valence-electron chi connectivity index (χ2n) is 6.23. The second-order valence-corrected chi connectivity index (χ2v) is 7.38. The van der Waals surface area contributed by atoms with Crippen molar-refractivity contribution >= 4 is 39.9 Å². The fourth-order valence-corrected chi connectivity index (χ4v) is 3.77. The number of imidazole rings is 1. The highest BCUT2D eigenvalue weighted by Gasteiger charge is 2.17. The zero-order valence-electron chi connectivity index (χ0n) is 14.6. The Morgan fingerprint density at radius 3 is 2.89 bits per heavy atom. The van der Waals surface area contributed by atoms with Crippen LogP contribution in [0.3, 0.4) is 0 Å². The molecule has 0 aliphatic heterocycles. The monoisotopic (exact) mass is 396 g/mol. The van der Waals surface area contributed by atoms with Gasteiger partial charge in [-0.2, -0.15) is 0 Å². The smallest absolute Gasteiger partial charge is 0.240 e. The minimum Gasteiger partial charge on any atom is -0.348 e. The predicted octanol–water partition coefficient (Wildman–Crippen LogP) is 4.69. The SMILES string of the molecule is CC(NC(=O)Cn1c(-c2cscn2)nc2ccccc21)c1cccc(Cl)c1. The largest absolute Gasteiger partial charge is 0.348 e. The molecule has 5 nitrogen and oxygen atoms in total. The minimum absolute atomic E-state index is 0.0953. The van der Waals surface area contributed by atoms with Gasteiger partial charge in [-0.3, -0.25) is 4.79 Å². The van der Waals surface area contributed by atoms with Gasteiger partial charge in [0.2, 0.25) is 5.91 Å². The summed E-state index contributed by atoms with van der Waals surface area (Å²) >= 11 is 7.56. The third-order valence-electron chi connectivity index (χ3n) is 4.34. The molecule has 0 fully saturated rings. The zero-order chi connectivity index (χ0) is 18.8. The first-order valence-corrected chi connectivity index (χ1v) is 9.82. The summed E-state index contributed by atoms with van der Waals surface area (Å²) < 4.78 is 1.91. The van der Waals surface area contributed by atoms with Gasteiger partial charge in [0.25, 0.3) is 0 Å². The van der Waals surface area contributed by atoms with E-state index >= 15 is 0 Å². The quantitative estimate of drug-likeness (QED) is 0.532. The standard InChI is InChI=1S/C20H17ClN4OS/c1-13(14-5-4-6-15(21)9-14)23-19(26)10-25-18-8-3-2-7-16(18)24-20(25)17-11-27-12-22-17/h2-9,11-13H,10H2,1H3,(H,23,26). The molecule has 4 rings (SSSR count). The first-order chi connectivity index (χ1) is 13.1. The van der Waals surface area contributed by atoms with E-state index in [-0.39, 0.29) is 18.5 Å². The van der Waals surface area contributed by atoms with Crippen molar-refractivity contribution in [3.8, 4) is 11.5 Å². The summed E-state index contributed by atoms with van der Waals surface area (Å²) in [4.78, 5) is 21.8. The van der Waals surface area contributed by atoms with E-state index in [1.807, 2.05) is 65.4 Å². The number of carbonyl (C=O) groups is 1. The van der Waals surface area contributed by atoms with Crippen LogP contribution in [0, 0.1) is 0 Å². The maximum atomic E-state index is 12.7. The number of hydrogen-bond donors (Lipinski definition) is 1. The van der Waals surface area contributed by atoms with E-state index in [1.165, 1.54) is 11.3 Å². The molecule has 0 bridgehead atoms. The Morgan fingerprint density at radius 1 is 1.26 bits per heavy atom. The van der Waals surface area contributed by atoms with Crippen LogP contribution < -0.4 is 5.32 Å². The number of rotatable bonds is 5. The zero-order valence-corrected chi connectivity index (χ0v) is 16.2. The van der Waals surface area contributed by atoms with E-state index in [1.54, 1.807) is 5.51 Å². The van der Waals surface area contributed by atoms with E-state index < -0.39 is 0 Å². The molecule has 2 aromatic heterocycles. The lowest BCUT2D eigenvalue weighted by atomic mass is 10.1. The first kappa shape index (κ1) is 17.7. The number of benzene rings is 2. The van der Waals surface area contributed by atoms with Crippen LogP contribution in [0.4, 0.5) is 0 Å². The maximum absolute atomic E-state index is 12.7. The highest BCUT2D eigenvalue weighted by Crippen LogP contribution is 2.25. The molecule has 2 aromatic carbocycles. The summed E-state index contributed by atoms with van der Waals surface area (Å²) in [6.07, 6.45) is 0. The molecule has 1 N–H and O–H groups in total. The van der Waals surface area contributed by atoms with Gasteiger partial charge in [0.15, 0.2) is 5.82 Å². The van der Waals surface area contributed by atoms with Gasteiger partial charge in [-0.25, -0.2) is 9.97 Å².